The number of fused-ring (bicyclic) bond motifs is 2. The lowest BCUT2D eigenvalue weighted by Crippen LogP contribution is -2.23. The maximum Gasteiger partial charge on any atom is 0.268 e. The fourth-order valence-electron chi connectivity index (χ4n) is 3.48. The number of aromatic amines is 2. The Hall–Kier alpha value is -1.41. The monoisotopic (exact) mass is 385 g/mol. The third kappa shape index (κ3) is 2.56. The van der Waals surface area contributed by atoms with E-state index in [2.05, 4.69) is 20.5 Å². The van der Waals surface area contributed by atoms with Crippen LogP contribution >= 0.6 is 36.2 Å². The van der Waals surface area contributed by atoms with Gasteiger partial charge in [-0.3, -0.25) is 9.89 Å². The molecular weight excluding hydrogens is 369 g/mol. The summed E-state index contributed by atoms with van der Waals surface area (Å²) in [7, 11) is 0. The molecule has 0 aromatic carbocycles. The van der Waals surface area contributed by atoms with Gasteiger partial charge in [-0.05, 0) is 37.8 Å². The Morgan fingerprint density at radius 3 is 2.79 bits per heavy atom. The number of halogens is 2. The number of aryl methyl sites for hydroxylation is 1. The number of thiophene rings is 1. The number of H-pyrrole nitrogens is 2. The summed E-state index contributed by atoms with van der Waals surface area (Å²) in [6.07, 6.45) is 3.05. The van der Waals surface area contributed by atoms with E-state index in [0.717, 1.165) is 39.9 Å². The van der Waals surface area contributed by atoms with Gasteiger partial charge in [-0.25, -0.2) is 4.98 Å². The van der Waals surface area contributed by atoms with Crippen LogP contribution in [0.5, 0.6) is 0 Å². The Labute approximate surface area is 154 Å². The van der Waals surface area contributed by atoms with Crippen LogP contribution in [-0.4, -0.2) is 26.7 Å². The molecule has 3 atom stereocenters. The van der Waals surface area contributed by atoms with Crippen LogP contribution in [0, 0.1) is 18.8 Å². The smallest absolute Gasteiger partial charge is 0.268 e. The summed E-state index contributed by atoms with van der Waals surface area (Å²) in [6.45, 7) is 3.02. The van der Waals surface area contributed by atoms with Gasteiger partial charge in [-0.2, -0.15) is 5.10 Å². The molecule has 2 unspecified atom stereocenters. The van der Waals surface area contributed by atoms with Crippen LogP contribution in [0.15, 0.2) is 17.1 Å². The van der Waals surface area contributed by atoms with Crippen LogP contribution in [0.2, 0.25) is 0 Å². The maximum absolute atomic E-state index is 12.4. The number of hydrogen-bond acceptors (Lipinski definition) is 5. The highest BCUT2D eigenvalue weighted by atomic mass is 35.5. The molecule has 2 fully saturated rings. The summed E-state index contributed by atoms with van der Waals surface area (Å²) in [5, 5.41) is 10.4. The van der Waals surface area contributed by atoms with Crippen molar-refractivity contribution in [3.05, 3.63) is 34.1 Å². The largest absolute Gasteiger partial charge is 0.308 e. The molecule has 9 heteroatoms. The van der Waals surface area contributed by atoms with E-state index in [-0.39, 0.29) is 36.4 Å². The molecule has 0 bridgehead atoms. The molecule has 3 aromatic rings. The molecule has 1 saturated heterocycles. The molecule has 6 nitrogen and oxygen atoms in total. The van der Waals surface area contributed by atoms with Gasteiger partial charge in [0.1, 0.15) is 10.5 Å². The zero-order valence-corrected chi connectivity index (χ0v) is 15.3. The molecule has 128 valence electrons. The summed E-state index contributed by atoms with van der Waals surface area (Å²) in [5.74, 6) is 2.21. The SMILES string of the molecule is Cc1[nH]ncc1-c1cc2nc(C3NCC4C[C@@H]43)[nH]c(=O)c2s1.Cl.Cl. The quantitative estimate of drug-likeness (QED) is 0.632. The van der Waals surface area contributed by atoms with E-state index < -0.39 is 0 Å². The minimum absolute atomic E-state index is 0. The van der Waals surface area contributed by atoms with Crippen molar-refractivity contribution in [1.29, 1.82) is 0 Å². The van der Waals surface area contributed by atoms with E-state index >= 15 is 0 Å². The highest BCUT2D eigenvalue weighted by Crippen LogP contribution is 2.50. The molecule has 3 aromatic heterocycles. The topological polar surface area (TPSA) is 86.5 Å². The molecule has 1 saturated carbocycles. The van der Waals surface area contributed by atoms with E-state index in [4.69, 9.17) is 4.98 Å². The summed E-state index contributed by atoms with van der Waals surface area (Å²) >= 11 is 1.47. The molecule has 0 radical (unpaired) electrons. The number of rotatable bonds is 2. The van der Waals surface area contributed by atoms with Crippen molar-refractivity contribution < 1.29 is 0 Å². The van der Waals surface area contributed by atoms with Crippen LogP contribution < -0.4 is 10.9 Å². The zero-order chi connectivity index (χ0) is 14.8. The van der Waals surface area contributed by atoms with Gasteiger partial charge in [-0.15, -0.1) is 36.2 Å². The van der Waals surface area contributed by atoms with E-state index in [1.807, 2.05) is 13.0 Å². The number of aromatic nitrogens is 4. The first-order chi connectivity index (χ1) is 10.7. The molecule has 4 heterocycles. The maximum atomic E-state index is 12.4. The van der Waals surface area contributed by atoms with Crippen molar-refractivity contribution in [1.82, 2.24) is 25.5 Å². The molecule has 3 N–H and O–H groups in total. The Bertz CT molecular complexity index is 949. The average molecular weight is 386 g/mol. The predicted octanol–water partition coefficient (Wildman–Crippen LogP) is 2.81. The molecule has 1 aliphatic heterocycles. The number of nitrogens with one attached hydrogen (secondary N) is 3. The van der Waals surface area contributed by atoms with E-state index in [9.17, 15) is 4.79 Å². The van der Waals surface area contributed by atoms with Crippen LogP contribution in [0.1, 0.15) is 24.0 Å². The minimum Gasteiger partial charge on any atom is -0.308 e. The fourth-order valence-corrected chi connectivity index (χ4v) is 4.54. The molecule has 0 spiro atoms. The van der Waals surface area contributed by atoms with Gasteiger partial charge in [0.25, 0.3) is 5.56 Å². The Morgan fingerprint density at radius 1 is 1.33 bits per heavy atom. The van der Waals surface area contributed by atoms with Crippen molar-refractivity contribution in [2.75, 3.05) is 6.54 Å². The standard InChI is InChI=1S/C15H15N5OS.2ClH/c1-6-9(5-17-20-6)11-3-10-13(22-11)15(21)19-14(18-10)12-8-2-7(8)4-16-12;;/h3,5,7-8,12,16H,2,4H2,1H3,(H,17,20)(H,18,19,21);2*1H/t7?,8-,12?;;/m0../s1. The van der Waals surface area contributed by atoms with Crippen LogP contribution in [0.25, 0.3) is 20.7 Å². The van der Waals surface area contributed by atoms with Crippen molar-refractivity contribution in [3.8, 4) is 10.4 Å². The first-order valence-corrected chi connectivity index (χ1v) is 8.30. The van der Waals surface area contributed by atoms with Gasteiger partial charge in [0.05, 0.1) is 17.8 Å². The summed E-state index contributed by atoms with van der Waals surface area (Å²) in [5.41, 5.74) is 2.78. The van der Waals surface area contributed by atoms with Gasteiger partial charge in [0, 0.05) is 16.1 Å². The highest BCUT2D eigenvalue weighted by Gasteiger charge is 2.49. The van der Waals surface area contributed by atoms with Crippen LogP contribution in [0.4, 0.5) is 0 Å². The second-order valence-electron chi connectivity index (χ2n) is 6.23. The van der Waals surface area contributed by atoms with E-state index in [0.29, 0.717) is 10.6 Å². The molecule has 24 heavy (non-hydrogen) atoms. The van der Waals surface area contributed by atoms with Gasteiger partial charge in [0.2, 0.25) is 0 Å². The predicted molar refractivity (Wildman–Crippen MR) is 99.4 cm³/mol. The second-order valence-corrected chi connectivity index (χ2v) is 7.28. The average Bonchev–Trinajstić information content (AvgIpc) is 2.89. The zero-order valence-electron chi connectivity index (χ0n) is 12.8. The Balaban J connectivity index is 0.000000845. The number of hydrogen-bond donors (Lipinski definition) is 3. The first kappa shape index (κ1) is 17.4. The van der Waals surface area contributed by atoms with E-state index in [1.54, 1.807) is 6.20 Å². The van der Waals surface area contributed by atoms with Crippen molar-refractivity contribution >= 4 is 46.4 Å². The second kappa shape index (κ2) is 6.15. The lowest BCUT2D eigenvalue weighted by Gasteiger charge is -2.11. The molecule has 1 aliphatic carbocycles. The van der Waals surface area contributed by atoms with Crippen LogP contribution in [0.3, 0.4) is 0 Å². The van der Waals surface area contributed by atoms with Crippen molar-refractivity contribution in [2.24, 2.45) is 11.8 Å². The molecular formula is C15H17Cl2N5OS. The van der Waals surface area contributed by atoms with Gasteiger partial charge in [-0.1, -0.05) is 0 Å². The molecule has 2 aliphatic rings. The highest BCUT2D eigenvalue weighted by molar-refractivity contribution is 7.22. The number of piperidine rings is 1. The first-order valence-electron chi connectivity index (χ1n) is 7.48. The fraction of sp³-hybridized carbons (Fsp3) is 0.400. The van der Waals surface area contributed by atoms with Crippen molar-refractivity contribution in [3.63, 3.8) is 0 Å². The summed E-state index contributed by atoms with van der Waals surface area (Å²) in [4.78, 5) is 21.1. The number of nitrogens with zero attached hydrogens (tertiary/aromatic N) is 2. The molecule has 5 rings (SSSR count). The van der Waals surface area contributed by atoms with Crippen LogP contribution in [-0.2, 0) is 0 Å². The molecule has 0 amide bonds. The summed E-state index contributed by atoms with van der Waals surface area (Å²) in [6, 6.07) is 2.21. The van der Waals surface area contributed by atoms with E-state index in [1.165, 1.54) is 17.8 Å². The van der Waals surface area contributed by atoms with Gasteiger partial charge in [0.15, 0.2) is 0 Å². The summed E-state index contributed by atoms with van der Waals surface area (Å²) < 4.78 is 0.685. The van der Waals surface area contributed by atoms with Crippen molar-refractivity contribution in [2.45, 2.75) is 19.4 Å². The third-order valence-corrected chi connectivity index (χ3v) is 5.95. The Morgan fingerprint density at radius 2 is 2.17 bits per heavy atom. The third-order valence-electron chi connectivity index (χ3n) is 4.80. The van der Waals surface area contributed by atoms with Gasteiger partial charge >= 0.3 is 0 Å². The minimum atomic E-state index is -0.0386. The Kier molecular flexibility index (Phi) is 4.46. The lowest BCUT2D eigenvalue weighted by atomic mass is 10.2. The normalized spacial score (nSPS) is 24.3. The van der Waals surface area contributed by atoms with Gasteiger partial charge < -0.3 is 10.3 Å². The lowest BCUT2D eigenvalue weighted by molar-refractivity contribution is 0.532.